The van der Waals surface area contributed by atoms with Crippen molar-refractivity contribution in [2.24, 2.45) is 0 Å². The molecule has 0 fully saturated rings. The highest BCUT2D eigenvalue weighted by atomic mass is 79.9. The number of allylic oxidation sites excluding steroid dienone is 5. The van der Waals surface area contributed by atoms with E-state index in [2.05, 4.69) is 37.9 Å². The molecule has 0 saturated heterocycles. The van der Waals surface area contributed by atoms with Crippen molar-refractivity contribution in [1.82, 2.24) is 15.4 Å². The summed E-state index contributed by atoms with van der Waals surface area (Å²) in [5.74, 6) is 0. The number of aromatic amines is 1. The van der Waals surface area contributed by atoms with Crippen molar-refractivity contribution in [3.8, 4) is 0 Å². The van der Waals surface area contributed by atoms with E-state index in [-0.39, 0.29) is 0 Å². The number of nitrogens with one attached hydrogen (secondary N) is 1. The zero-order valence-electron chi connectivity index (χ0n) is 8.92. The summed E-state index contributed by atoms with van der Waals surface area (Å²) in [6.45, 7) is 7.80. The highest BCUT2D eigenvalue weighted by molar-refractivity contribution is 9.11. The number of nitrogens with zero attached hydrogens (tertiary/aromatic N) is 2. The summed E-state index contributed by atoms with van der Waals surface area (Å²) in [5, 5.41) is 10.8. The standard InChI is InChI=1S/C11H14BrN3/c1-4-9(7-6-8(3)12)11-10(5-2)13-15-14-11/h4,6-7H,1,5H2,2-3H3,(H,13,14,15)/b8-6+,9-7+. The first-order valence-electron chi connectivity index (χ1n) is 4.75. The molecule has 0 aliphatic heterocycles. The zero-order valence-corrected chi connectivity index (χ0v) is 10.5. The predicted molar refractivity (Wildman–Crippen MR) is 66.6 cm³/mol. The smallest absolute Gasteiger partial charge is 0.115 e. The normalized spacial score (nSPS) is 13.0. The molecule has 1 rings (SSSR count). The molecule has 0 amide bonds. The average molecular weight is 268 g/mol. The monoisotopic (exact) mass is 267 g/mol. The van der Waals surface area contributed by atoms with Crippen molar-refractivity contribution in [3.05, 3.63) is 40.7 Å². The number of aryl methyl sites for hydroxylation is 1. The second-order valence-electron chi connectivity index (χ2n) is 3.05. The summed E-state index contributed by atoms with van der Waals surface area (Å²) in [6, 6.07) is 0. The molecule has 1 aromatic heterocycles. The van der Waals surface area contributed by atoms with Gasteiger partial charge in [-0.15, -0.1) is 0 Å². The maximum Gasteiger partial charge on any atom is 0.115 e. The van der Waals surface area contributed by atoms with Gasteiger partial charge in [0.05, 0.1) is 5.69 Å². The summed E-state index contributed by atoms with van der Waals surface area (Å²) >= 11 is 3.37. The van der Waals surface area contributed by atoms with Crippen LogP contribution in [0.5, 0.6) is 0 Å². The third-order valence-electron chi connectivity index (χ3n) is 1.94. The van der Waals surface area contributed by atoms with Crippen LogP contribution in [0.2, 0.25) is 0 Å². The second-order valence-corrected chi connectivity index (χ2v) is 4.30. The van der Waals surface area contributed by atoms with Crippen LogP contribution < -0.4 is 0 Å². The van der Waals surface area contributed by atoms with Gasteiger partial charge in [0.25, 0.3) is 0 Å². The van der Waals surface area contributed by atoms with E-state index in [1.807, 2.05) is 26.0 Å². The Kier molecular flexibility index (Phi) is 4.49. The van der Waals surface area contributed by atoms with Crippen LogP contribution in [0.1, 0.15) is 25.2 Å². The van der Waals surface area contributed by atoms with Crippen LogP contribution in [0, 0.1) is 0 Å². The molecule has 4 heteroatoms. The Morgan fingerprint density at radius 2 is 2.20 bits per heavy atom. The Hall–Kier alpha value is -1.16. The summed E-state index contributed by atoms with van der Waals surface area (Å²) in [6.07, 6.45) is 6.57. The minimum Gasteiger partial charge on any atom is -0.197 e. The topological polar surface area (TPSA) is 41.6 Å². The molecule has 0 bridgehead atoms. The lowest BCUT2D eigenvalue weighted by Gasteiger charge is -1.97. The molecule has 0 radical (unpaired) electrons. The van der Waals surface area contributed by atoms with E-state index in [0.717, 1.165) is 27.9 Å². The Balaban J connectivity index is 3.07. The number of rotatable bonds is 4. The maximum atomic E-state index is 4.12. The molecule has 1 heterocycles. The number of hydrogen-bond donors (Lipinski definition) is 1. The molecule has 0 aromatic carbocycles. The fourth-order valence-electron chi connectivity index (χ4n) is 1.18. The van der Waals surface area contributed by atoms with Crippen molar-refractivity contribution in [3.63, 3.8) is 0 Å². The van der Waals surface area contributed by atoms with Crippen LogP contribution in [-0.4, -0.2) is 15.4 Å². The maximum absolute atomic E-state index is 4.12. The minimum absolute atomic E-state index is 0.855. The largest absolute Gasteiger partial charge is 0.197 e. The second kappa shape index (κ2) is 5.66. The third-order valence-corrected chi connectivity index (χ3v) is 2.21. The van der Waals surface area contributed by atoms with Crippen molar-refractivity contribution < 1.29 is 0 Å². The molecule has 1 N–H and O–H groups in total. The van der Waals surface area contributed by atoms with Crippen LogP contribution in [0.25, 0.3) is 5.57 Å². The van der Waals surface area contributed by atoms with E-state index in [0.29, 0.717) is 0 Å². The summed E-state index contributed by atoms with van der Waals surface area (Å²) in [7, 11) is 0. The molecule has 3 nitrogen and oxygen atoms in total. The molecule has 15 heavy (non-hydrogen) atoms. The fraction of sp³-hybridized carbons (Fsp3) is 0.273. The third kappa shape index (κ3) is 3.16. The van der Waals surface area contributed by atoms with Gasteiger partial charge in [-0.3, -0.25) is 0 Å². The van der Waals surface area contributed by atoms with Crippen molar-refractivity contribution in [2.75, 3.05) is 0 Å². The van der Waals surface area contributed by atoms with Crippen LogP contribution in [0.15, 0.2) is 29.3 Å². The van der Waals surface area contributed by atoms with Gasteiger partial charge in [0.2, 0.25) is 0 Å². The highest BCUT2D eigenvalue weighted by Crippen LogP contribution is 2.17. The zero-order chi connectivity index (χ0) is 11.3. The van der Waals surface area contributed by atoms with E-state index >= 15 is 0 Å². The van der Waals surface area contributed by atoms with E-state index in [4.69, 9.17) is 0 Å². The van der Waals surface area contributed by atoms with Gasteiger partial charge in [0.1, 0.15) is 5.69 Å². The summed E-state index contributed by atoms with van der Waals surface area (Å²) in [5.41, 5.74) is 2.80. The average Bonchev–Trinajstić information content (AvgIpc) is 2.66. The highest BCUT2D eigenvalue weighted by Gasteiger charge is 2.07. The van der Waals surface area contributed by atoms with Crippen LogP contribution in [-0.2, 0) is 6.42 Å². The predicted octanol–water partition coefficient (Wildman–Crippen LogP) is 3.24. The van der Waals surface area contributed by atoms with E-state index in [1.54, 1.807) is 6.08 Å². The van der Waals surface area contributed by atoms with Gasteiger partial charge in [0, 0.05) is 5.57 Å². The molecule has 1 aromatic rings. The van der Waals surface area contributed by atoms with Gasteiger partial charge in [0.15, 0.2) is 0 Å². The van der Waals surface area contributed by atoms with E-state index in [9.17, 15) is 0 Å². The van der Waals surface area contributed by atoms with Gasteiger partial charge in [-0.2, -0.15) is 15.4 Å². The number of halogens is 1. The van der Waals surface area contributed by atoms with Crippen LogP contribution in [0.4, 0.5) is 0 Å². The molecule has 0 aliphatic rings. The summed E-state index contributed by atoms with van der Waals surface area (Å²) in [4.78, 5) is 0. The minimum atomic E-state index is 0.855. The molecule has 0 spiro atoms. The first kappa shape index (κ1) is 11.9. The lowest BCUT2D eigenvalue weighted by atomic mass is 10.1. The van der Waals surface area contributed by atoms with Crippen LogP contribution in [0.3, 0.4) is 0 Å². The molecule has 0 atom stereocenters. The van der Waals surface area contributed by atoms with Gasteiger partial charge >= 0.3 is 0 Å². The molecular weight excluding hydrogens is 254 g/mol. The molecule has 0 unspecified atom stereocenters. The molecular formula is C11H14BrN3. The van der Waals surface area contributed by atoms with E-state index in [1.165, 1.54) is 0 Å². The molecule has 80 valence electrons. The number of hydrogen-bond acceptors (Lipinski definition) is 2. The van der Waals surface area contributed by atoms with Crippen molar-refractivity contribution in [2.45, 2.75) is 20.3 Å². The van der Waals surface area contributed by atoms with Gasteiger partial charge in [-0.05, 0) is 17.8 Å². The van der Waals surface area contributed by atoms with Crippen molar-refractivity contribution >= 4 is 21.5 Å². The first-order chi connectivity index (χ1) is 7.19. The van der Waals surface area contributed by atoms with E-state index < -0.39 is 0 Å². The quantitative estimate of drug-likeness (QED) is 0.852. The van der Waals surface area contributed by atoms with Crippen molar-refractivity contribution in [1.29, 1.82) is 0 Å². The van der Waals surface area contributed by atoms with Crippen LogP contribution >= 0.6 is 15.9 Å². The Morgan fingerprint density at radius 1 is 1.47 bits per heavy atom. The SMILES string of the molecule is C=C/C(=C\C=C(/C)Br)c1n[nH]nc1CC. The van der Waals surface area contributed by atoms with Gasteiger partial charge in [-0.1, -0.05) is 47.7 Å². The lowest BCUT2D eigenvalue weighted by Crippen LogP contribution is -1.88. The van der Waals surface area contributed by atoms with Gasteiger partial charge < -0.3 is 0 Å². The first-order valence-corrected chi connectivity index (χ1v) is 5.54. The summed E-state index contributed by atoms with van der Waals surface area (Å²) < 4.78 is 1.06. The molecule has 0 saturated carbocycles. The van der Waals surface area contributed by atoms with Gasteiger partial charge in [-0.25, -0.2) is 0 Å². The lowest BCUT2D eigenvalue weighted by molar-refractivity contribution is 0.907. The Labute approximate surface area is 98.1 Å². The Morgan fingerprint density at radius 3 is 2.73 bits per heavy atom. The Bertz CT molecular complexity index is 398. The molecule has 0 aliphatic carbocycles. The number of H-pyrrole nitrogens is 1. The number of aromatic nitrogens is 3. The fourth-order valence-corrected chi connectivity index (χ4v) is 1.31.